The van der Waals surface area contributed by atoms with E-state index in [1.165, 1.54) is 0 Å². The van der Waals surface area contributed by atoms with Gasteiger partial charge >= 0.3 is 0 Å². The van der Waals surface area contributed by atoms with E-state index in [1.54, 1.807) is 0 Å². The van der Waals surface area contributed by atoms with Crippen LogP contribution in [0.4, 0.5) is 4.39 Å². The first-order valence-electron chi connectivity index (χ1n) is 9.06. The quantitative estimate of drug-likeness (QED) is 0.675. The molecule has 0 bridgehead atoms. The van der Waals surface area contributed by atoms with Crippen molar-refractivity contribution in [2.75, 3.05) is 0 Å². The molecular weight excluding hydrogens is 279 g/mol. The van der Waals surface area contributed by atoms with Gasteiger partial charge in [-0.05, 0) is 67.6 Å². The van der Waals surface area contributed by atoms with E-state index >= 15 is 0 Å². The van der Waals surface area contributed by atoms with Gasteiger partial charge < -0.3 is 0 Å². The highest BCUT2D eigenvalue weighted by molar-refractivity contribution is 5.87. The Morgan fingerprint density at radius 1 is 1.05 bits per heavy atom. The van der Waals surface area contributed by atoms with Crippen molar-refractivity contribution < 1.29 is 14.0 Å². The van der Waals surface area contributed by atoms with Crippen LogP contribution in [-0.4, -0.2) is 17.7 Å². The van der Waals surface area contributed by atoms with Gasteiger partial charge in [-0.3, -0.25) is 9.59 Å². The second-order valence-corrected chi connectivity index (χ2v) is 8.92. The Labute approximate surface area is 132 Å². The second-order valence-electron chi connectivity index (χ2n) is 8.92. The fourth-order valence-electron chi connectivity index (χ4n) is 6.83. The molecule has 4 aliphatic rings. The molecule has 4 aliphatic carbocycles. The van der Waals surface area contributed by atoms with Crippen LogP contribution in [0.2, 0.25) is 0 Å². The first kappa shape index (κ1) is 14.8. The van der Waals surface area contributed by atoms with Crippen LogP contribution in [0.5, 0.6) is 0 Å². The van der Waals surface area contributed by atoms with Gasteiger partial charge in [0.25, 0.3) is 0 Å². The third-order valence-corrected chi connectivity index (χ3v) is 8.19. The molecule has 7 atom stereocenters. The number of carbonyl (C=O) groups is 2. The summed E-state index contributed by atoms with van der Waals surface area (Å²) in [5, 5.41) is 0. The van der Waals surface area contributed by atoms with Crippen molar-refractivity contribution in [2.45, 2.75) is 71.4 Å². The van der Waals surface area contributed by atoms with Crippen molar-refractivity contribution in [3.05, 3.63) is 0 Å². The molecule has 4 rings (SSSR count). The van der Waals surface area contributed by atoms with Crippen molar-refractivity contribution in [2.24, 2.45) is 34.5 Å². The van der Waals surface area contributed by atoms with Crippen LogP contribution in [0.3, 0.4) is 0 Å². The third-order valence-electron chi connectivity index (χ3n) is 8.19. The molecule has 0 N–H and O–H groups in total. The standard InChI is InChI=1S/C19H27FO2/c1-18-8-7-14-12(13(18)5-6-17(18)22)4-3-11-9-16(21)15(20)10-19(11,14)2/h11-15H,3-10H2,1-2H3/t11-,12-,13-,14-,15+,18-,19-/m0/s1. The number of hydrogen-bond donors (Lipinski definition) is 0. The lowest BCUT2D eigenvalue weighted by Gasteiger charge is -2.59. The van der Waals surface area contributed by atoms with Crippen LogP contribution in [0.1, 0.15) is 65.2 Å². The smallest absolute Gasteiger partial charge is 0.167 e. The molecule has 0 unspecified atom stereocenters. The molecule has 0 aromatic heterocycles. The fourth-order valence-corrected chi connectivity index (χ4v) is 6.83. The maximum atomic E-state index is 14.2. The number of hydrogen-bond acceptors (Lipinski definition) is 2. The average molecular weight is 306 g/mol. The van der Waals surface area contributed by atoms with Crippen molar-refractivity contribution in [3.8, 4) is 0 Å². The number of halogens is 1. The number of rotatable bonds is 0. The van der Waals surface area contributed by atoms with E-state index in [-0.39, 0.29) is 16.6 Å². The lowest BCUT2D eigenvalue weighted by molar-refractivity contribution is -0.151. The molecule has 4 fully saturated rings. The largest absolute Gasteiger partial charge is 0.299 e. The molecule has 4 saturated carbocycles. The summed E-state index contributed by atoms with van der Waals surface area (Å²) in [7, 11) is 0. The molecule has 2 nitrogen and oxygen atoms in total. The molecule has 0 aromatic carbocycles. The van der Waals surface area contributed by atoms with Crippen molar-refractivity contribution in [1.29, 1.82) is 0 Å². The monoisotopic (exact) mass is 306 g/mol. The molecule has 0 spiro atoms. The van der Waals surface area contributed by atoms with Gasteiger partial charge in [-0.2, -0.15) is 0 Å². The predicted octanol–water partition coefficient (Wildman–Crippen LogP) is 4.12. The lowest BCUT2D eigenvalue weighted by atomic mass is 9.45. The topological polar surface area (TPSA) is 34.1 Å². The summed E-state index contributed by atoms with van der Waals surface area (Å²) < 4.78 is 14.2. The summed E-state index contributed by atoms with van der Waals surface area (Å²) in [6.45, 7) is 4.42. The fraction of sp³-hybridized carbons (Fsp3) is 0.895. The van der Waals surface area contributed by atoms with Crippen molar-refractivity contribution in [1.82, 2.24) is 0 Å². The van der Waals surface area contributed by atoms with Gasteiger partial charge in [0.2, 0.25) is 0 Å². The molecule has 122 valence electrons. The summed E-state index contributed by atoms with van der Waals surface area (Å²) in [6.07, 6.45) is 5.63. The van der Waals surface area contributed by atoms with Crippen LogP contribution in [0.25, 0.3) is 0 Å². The Hall–Kier alpha value is -0.730. The van der Waals surface area contributed by atoms with E-state index in [9.17, 15) is 14.0 Å². The Morgan fingerprint density at radius 2 is 1.82 bits per heavy atom. The molecule has 0 saturated heterocycles. The highest BCUT2D eigenvalue weighted by Crippen LogP contribution is 2.65. The summed E-state index contributed by atoms with van der Waals surface area (Å²) in [5.41, 5.74) is -0.132. The number of ketones is 2. The number of Topliss-reactive ketones (excluding diaryl/α,β-unsaturated/α-hetero) is 2. The molecule has 0 radical (unpaired) electrons. The molecular formula is C19H27FO2. The van der Waals surface area contributed by atoms with E-state index < -0.39 is 6.17 Å². The Kier molecular flexibility index (Phi) is 3.13. The summed E-state index contributed by atoms with van der Waals surface area (Å²) in [6, 6.07) is 0. The third kappa shape index (κ3) is 1.77. The first-order chi connectivity index (χ1) is 10.4. The van der Waals surface area contributed by atoms with Gasteiger partial charge in [-0.1, -0.05) is 13.8 Å². The Bertz CT molecular complexity index is 530. The van der Waals surface area contributed by atoms with Crippen LogP contribution >= 0.6 is 0 Å². The Morgan fingerprint density at radius 3 is 2.59 bits per heavy atom. The van der Waals surface area contributed by atoms with Crippen molar-refractivity contribution in [3.63, 3.8) is 0 Å². The molecule has 3 heteroatoms. The van der Waals surface area contributed by atoms with Gasteiger partial charge in [0.15, 0.2) is 12.0 Å². The molecule has 0 heterocycles. The van der Waals surface area contributed by atoms with Gasteiger partial charge in [-0.15, -0.1) is 0 Å². The highest BCUT2D eigenvalue weighted by atomic mass is 19.1. The van der Waals surface area contributed by atoms with Crippen LogP contribution in [0, 0.1) is 34.5 Å². The van der Waals surface area contributed by atoms with Crippen LogP contribution in [-0.2, 0) is 9.59 Å². The number of carbonyl (C=O) groups excluding carboxylic acids is 2. The van der Waals surface area contributed by atoms with Crippen LogP contribution < -0.4 is 0 Å². The van der Waals surface area contributed by atoms with Crippen LogP contribution in [0.15, 0.2) is 0 Å². The zero-order valence-electron chi connectivity index (χ0n) is 13.7. The van der Waals surface area contributed by atoms with E-state index in [2.05, 4.69) is 13.8 Å². The second kappa shape index (κ2) is 4.64. The van der Waals surface area contributed by atoms with Gasteiger partial charge in [-0.25, -0.2) is 4.39 Å². The average Bonchev–Trinajstić information content (AvgIpc) is 2.77. The van der Waals surface area contributed by atoms with Gasteiger partial charge in [0.05, 0.1) is 0 Å². The minimum absolute atomic E-state index is 0.0246. The summed E-state index contributed by atoms with van der Waals surface area (Å²) in [4.78, 5) is 24.2. The van der Waals surface area contributed by atoms with E-state index in [0.29, 0.717) is 42.3 Å². The maximum Gasteiger partial charge on any atom is 0.167 e. The molecule has 0 amide bonds. The molecule has 0 aliphatic heterocycles. The number of alkyl halides is 1. The molecule has 22 heavy (non-hydrogen) atoms. The van der Waals surface area contributed by atoms with Gasteiger partial charge in [0, 0.05) is 18.3 Å². The predicted molar refractivity (Wildman–Crippen MR) is 82.0 cm³/mol. The highest BCUT2D eigenvalue weighted by Gasteiger charge is 2.61. The minimum Gasteiger partial charge on any atom is -0.299 e. The zero-order valence-corrected chi connectivity index (χ0v) is 13.7. The maximum absolute atomic E-state index is 14.2. The first-order valence-corrected chi connectivity index (χ1v) is 9.06. The number of fused-ring (bicyclic) bond motifs is 5. The van der Waals surface area contributed by atoms with E-state index in [4.69, 9.17) is 0 Å². The minimum atomic E-state index is -1.25. The normalized spacial score (nSPS) is 54.6. The van der Waals surface area contributed by atoms with Gasteiger partial charge in [0.1, 0.15) is 5.78 Å². The molecule has 0 aromatic rings. The van der Waals surface area contributed by atoms with Crippen molar-refractivity contribution >= 4 is 11.6 Å². The van der Waals surface area contributed by atoms with E-state index in [1.807, 2.05) is 0 Å². The Balaban J connectivity index is 1.66. The zero-order chi connectivity index (χ0) is 15.7. The summed E-state index contributed by atoms with van der Waals surface area (Å²) in [5.74, 6) is 2.26. The summed E-state index contributed by atoms with van der Waals surface area (Å²) >= 11 is 0. The lowest BCUT2D eigenvalue weighted by Crippen LogP contribution is -2.55. The van der Waals surface area contributed by atoms with E-state index in [0.717, 1.165) is 38.5 Å². The SMILES string of the molecule is C[C@]12C[C@@H](F)C(=O)C[C@@H]1CC[C@@H]1[C@@H]2CC[C@]2(C)C(=O)CC[C@@H]12.